The van der Waals surface area contributed by atoms with Gasteiger partial charge in [-0.3, -0.25) is 9.69 Å². The highest BCUT2D eigenvalue weighted by atomic mass is 35.5. The molecule has 1 amide bonds. The first kappa shape index (κ1) is 17.5. The van der Waals surface area contributed by atoms with Crippen LogP contribution in [-0.2, 0) is 16.1 Å². The molecule has 2 rings (SSSR count). The lowest BCUT2D eigenvalue weighted by atomic mass is 10.2. The van der Waals surface area contributed by atoms with Gasteiger partial charge in [-0.2, -0.15) is 0 Å². The van der Waals surface area contributed by atoms with Crippen molar-refractivity contribution in [3.63, 3.8) is 0 Å². The second kappa shape index (κ2) is 7.16. The van der Waals surface area contributed by atoms with Gasteiger partial charge in [-0.1, -0.05) is 23.2 Å². The number of carbonyl (C=O) groups excluding carboxylic acids is 2. The van der Waals surface area contributed by atoms with Gasteiger partial charge in [0.15, 0.2) is 5.13 Å². The van der Waals surface area contributed by atoms with Crippen LogP contribution in [0, 0.1) is 0 Å². The van der Waals surface area contributed by atoms with Crippen LogP contribution in [0.25, 0.3) is 0 Å². The largest absolute Gasteiger partial charge is 0.455 e. The number of aromatic nitrogens is 1. The fraction of sp³-hybridized carbons (Fsp3) is 0.214. The van der Waals surface area contributed by atoms with E-state index in [1.807, 2.05) is 0 Å². The van der Waals surface area contributed by atoms with Crippen LogP contribution in [-0.4, -0.2) is 23.9 Å². The molecule has 0 radical (unpaired) electrons. The molecule has 1 aromatic heterocycles. The summed E-state index contributed by atoms with van der Waals surface area (Å²) in [6.07, 6.45) is 0. The topological polar surface area (TPSA) is 85.5 Å². The number of thiazole rings is 1. The highest BCUT2D eigenvalue weighted by molar-refractivity contribution is 7.14. The molecular formula is C14H13Cl2N3O3S. The third-order valence-electron chi connectivity index (χ3n) is 3.00. The fourth-order valence-corrected chi connectivity index (χ4v) is 2.76. The van der Waals surface area contributed by atoms with Crippen molar-refractivity contribution in [3.05, 3.63) is 38.8 Å². The van der Waals surface area contributed by atoms with Crippen LogP contribution in [0.4, 0.5) is 10.8 Å². The molecule has 122 valence electrons. The molecule has 23 heavy (non-hydrogen) atoms. The number of esters is 1. The lowest BCUT2D eigenvalue weighted by molar-refractivity contribution is -0.116. The quantitative estimate of drug-likeness (QED) is 0.655. The summed E-state index contributed by atoms with van der Waals surface area (Å²) in [6.45, 7) is 1.40. The van der Waals surface area contributed by atoms with Crippen LogP contribution in [0.3, 0.4) is 0 Å². The van der Waals surface area contributed by atoms with E-state index in [0.717, 1.165) is 0 Å². The molecule has 0 aliphatic heterocycles. The molecular weight excluding hydrogens is 361 g/mol. The van der Waals surface area contributed by atoms with E-state index in [9.17, 15) is 9.59 Å². The van der Waals surface area contributed by atoms with Crippen molar-refractivity contribution in [1.82, 2.24) is 4.98 Å². The van der Waals surface area contributed by atoms with Gasteiger partial charge in [0.25, 0.3) is 0 Å². The van der Waals surface area contributed by atoms with Gasteiger partial charge in [-0.25, -0.2) is 9.78 Å². The van der Waals surface area contributed by atoms with Crippen LogP contribution in [0.15, 0.2) is 17.5 Å². The van der Waals surface area contributed by atoms with E-state index in [1.165, 1.54) is 35.3 Å². The molecule has 6 nitrogen and oxygen atoms in total. The standard InChI is InChI=1S/C14H13Cl2N3O3S/c1-7(20)19(2)14-18-8(6-23-14)5-22-13(21)9-3-4-10(15)11(16)12(9)17/h3-4,6H,5,17H2,1-2H3. The number of nitrogens with two attached hydrogens (primary N) is 1. The number of benzene rings is 1. The zero-order valence-corrected chi connectivity index (χ0v) is 14.6. The molecule has 2 N–H and O–H groups in total. The Morgan fingerprint density at radius 2 is 2.09 bits per heavy atom. The average molecular weight is 374 g/mol. The Labute approximate surface area is 146 Å². The SMILES string of the molecule is CC(=O)N(C)c1nc(COC(=O)c2ccc(Cl)c(Cl)c2N)cs1. The van der Waals surface area contributed by atoms with E-state index in [4.69, 9.17) is 33.7 Å². The Bertz CT molecular complexity index is 764. The minimum Gasteiger partial charge on any atom is -0.455 e. The van der Waals surface area contributed by atoms with Gasteiger partial charge in [0.05, 0.1) is 27.0 Å². The lowest BCUT2D eigenvalue weighted by Gasteiger charge is -2.10. The monoisotopic (exact) mass is 373 g/mol. The van der Waals surface area contributed by atoms with E-state index in [-0.39, 0.29) is 33.8 Å². The zero-order chi connectivity index (χ0) is 17.1. The van der Waals surface area contributed by atoms with Crippen molar-refractivity contribution in [2.45, 2.75) is 13.5 Å². The summed E-state index contributed by atoms with van der Waals surface area (Å²) in [6, 6.07) is 2.92. The van der Waals surface area contributed by atoms with Crippen molar-refractivity contribution in [1.29, 1.82) is 0 Å². The number of carbonyl (C=O) groups is 2. The average Bonchev–Trinajstić information content (AvgIpc) is 2.98. The Balaban J connectivity index is 2.05. The number of ether oxygens (including phenoxy) is 1. The molecule has 0 aliphatic rings. The number of anilines is 2. The summed E-state index contributed by atoms with van der Waals surface area (Å²) in [5.41, 5.74) is 6.49. The number of nitrogens with zero attached hydrogens (tertiary/aromatic N) is 2. The van der Waals surface area contributed by atoms with Crippen LogP contribution in [0.5, 0.6) is 0 Å². The first-order chi connectivity index (χ1) is 10.8. The van der Waals surface area contributed by atoms with Gasteiger partial charge in [0.2, 0.25) is 5.91 Å². The number of rotatable bonds is 4. The predicted molar refractivity (Wildman–Crippen MR) is 91.2 cm³/mol. The highest BCUT2D eigenvalue weighted by Crippen LogP contribution is 2.31. The fourth-order valence-electron chi connectivity index (χ4n) is 1.61. The van der Waals surface area contributed by atoms with E-state index >= 15 is 0 Å². The Morgan fingerprint density at radius 1 is 1.39 bits per heavy atom. The maximum Gasteiger partial charge on any atom is 0.340 e. The minimum atomic E-state index is -0.629. The summed E-state index contributed by atoms with van der Waals surface area (Å²) >= 11 is 13.0. The van der Waals surface area contributed by atoms with Crippen LogP contribution >= 0.6 is 34.5 Å². The molecule has 0 saturated carbocycles. The summed E-state index contributed by atoms with van der Waals surface area (Å²) in [7, 11) is 1.62. The van der Waals surface area contributed by atoms with Gasteiger partial charge < -0.3 is 10.5 Å². The second-order valence-electron chi connectivity index (χ2n) is 4.60. The van der Waals surface area contributed by atoms with Crippen molar-refractivity contribution in [2.75, 3.05) is 17.7 Å². The molecule has 0 spiro atoms. The molecule has 0 bridgehead atoms. The van der Waals surface area contributed by atoms with E-state index in [1.54, 1.807) is 12.4 Å². The lowest BCUT2D eigenvalue weighted by Crippen LogP contribution is -2.22. The summed E-state index contributed by atoms with van der Waals surface area (Å²) in [5, 5.41) is 2.61. The van der Waals surface area contributed by atoms with Crippen LogP contribution in [0.2, 0.25) is 10.0 Å². The number of hydrogen-bond donors (Lipinski definition) is 1. The smallest absolute Gasteiger partial charge is 0.340 e. The van der Waals surface area contributed by atoms with E-state index in [2.05, 4.69) is 4.98 Å². The molecule has 0 saturated heterocycles. The molecule has 0 fully saturated rings. The Morgan fingerprint density at radius 3 is 2.74 bits per heavy atom. The zero-order valence-electron chi connectivity index (χ0n) is 12.3. The molecule has 9 heteroatoms. The normalized spacial score (nSPS) is 10.4. The van der Waals surface area contributed by atoms with E-state index < -0.39 is 5.97 Å². The van der Waals surface area contributed by atoms with Gasteiger partial charge in [0, 0.05) is 19.4 Å². The van der Waals surface area contributed by atoms with E-state index in [0.29, 0.717) is 10.8 Å². The number of amides is 1. The van der Waals surface area contributed by atoms with Crippen molar-refractivity contribution < 1.29 is 14.3 Å². The second-order valence-corrected chi connectivity index (χ2v) is 6.22. The molecule has 0 aliphatic carbocycles. The van der Waals surface area contributed by atoms with Crippen molar-refractivity contribution in [3.8, 4) is 0 Å². The molecule has 1 heterocycles. The van der Waals surface area contributed by atoms with Crippen molar-refractivity contribution in [2.24, 2.45) is 0 Å². The molecule has 0 unspecified atom stereocenters. The third-order valence-corrected chi connectivity index (χ3v) is 4.79. The molecule has 0 atom stereocenters. The summed E-state index contributed by atoms with van der Waals surface area (Å²) in [5.74, 6) is -0.762. The van der Waals surface area contributed by atoms with Gasteiger partial charge >= 0.3 is 5.97 Å². The van der Waals surface area contributed by atoms with Gasteiger partial charge in [-0.15, -0.1) is 11.3 Å². The molecule has 1 aromatic carbocycles. The first-order valence-corrected chi connectivity index (χ1v) is 8.04. The van der Waals surface area contributed by atoms with Gasteiger partial charge in [0.1, 0.15) is 6.61 Å². The van der Waals surface area contributed by atoms with Crippen LogP contribution < -0.4 is 10.6 Å². The Hall–Kier alpha value is -1.83. The number of halogens is 2. The minimum absolute atomic E-state index is 0.0409. The Kier molecular flexibility index (Phi) is 5.46. The van der Waals surface area contributed by atoms with Crippen LogP contribution in [0.1, 0.15) is 23.0 Å². The summed E-state index contributed by atoms with van der Waals surface area (Å²) < 4.78 is 5.16. The predicted octanol–water partition coefficient (Wildman–Crippen LogP) is 3.37. The number of hydrogen-bond acceptors (Lipinski definition) is 6. The summed E-state index contributed by atoms with van der Waals surface area (Å²) in [4.78, 5) is 29.0. The highest BCUT2D eigenvalue weighted by Gasteiger charge is 2.17. The number of nitrogen functional groups attached to an aromatic ring is 1. The molecule has 2 aromatic rings. The first-order valence-electron chi connectivity index (χ1n) is 6.40. The maximum absolute atomic E-state index is 12.1. The van der Waals surface area contributed by atoms with Gasteiger partial charge in [-0.05, 0) is 12.1 Å². The van der Waals surface area contributed by atoms with Crippen molar-refractivity contribution >= 4 is 57.2 Å². The third kappa shape index (κ3) is 3.93. The maximum atomic E-state index is 12.1.